The van der Waals surface area contributed by atoms with Gasteiger partial charge in [-0.25, -0.2) is 9.59 Å². The highest BCUT2D eigenvalue weighted by atomic mass is 32.1. The summed E-state index contributed by atoms with van der Waals surface area (Å²) in [5, 5.41) is 15.6. The number of carboxylic acids is 1. The molecule has 0 spiro atoms. The Balaban J connectivity index is 2.23. The van der Waals surface area contributed by atoms with Gasteiger partial charge in [0.2, 0.25) is 0 Å². The van der Waals surface area contributed by atoms with Crippen LogP contribution >= 0.6 is 11.3 Å². The highest BCUT2D eigenvalue weighted by Crippen LogP contribution is 2.06. The molecule has 0 aromatic carbocycles. The van der Waals surface area contributed by atoms with E-state index in [1.54, 1.807) is 0 Å². The topological polar surface area (TPSA) is 87.7 Å². The fourth-order valence-corrected chi connectivity index (χ4v) is 1.74. The molecule has 1 unspecified atom stereocenters. The van der Waals surface area contributed by atoms with E-state index in [9.17, 15) is 9.59 Å². The van der Waals surface area contributed by atoms with Crippen LogP contribution in [-0.4, -0.2) is 36.9 Å². The zero-order chi connectivity index (χ0) is 12.7. The predicted octanol–water partition coefficient (Wildman–Crippen LogP) is 0.647. The van der Waals surface area contributed by atoms with Gasteiger partial charge < -0.3 is 20.5 Å². The first kappa shape index (κ1) is 13.5. The van der Waals surface area contributed by atoms with Crippen LogP contribution in [0.25, 0.3) is 0 Å². The Bertz CT molecular complexity index is 366. The van der Waals surface area contributed by atoms with Crippen LogP contribution in [0.1, 0.15) is 4.88 Å². The third-order valence-electron chi connectivity index (χ3n) is 2.01. The van der Waals surface area contributed by atoms with Gasteiger partial charge in [0.15, 0.2) is 6.10 Å². The molecule has 1 aromatic rings. The van der Waals surface area contributed by atoms with Gasteiger partial charge in [-0.1, -0.05) is 6.07 Å². The van der Waals surface area contributed by atoms with E-state index in [1.807, 2.05) is 17.5 Å². The van der Waals surface area contributed by atoms with Gasteiger partial charge in [0.1, 0.15) is 0 Å². The maximum absolute atomic E-state index is 11.3. The molecule has 7 heteroatoms. The van der Waals surface area contributed by atoms with Crippen LogP contribution < -0.4 is 10.6 Å². The van der Waals surface area contributed by atoms with Gasteiger partial charge in [0, 0.05) is 12.0 Å². The first-order valence-electron chi connectivity index (χ1n) is 4.93. The van der Waals surface area contributed by atoms with Crippen LogP contribution in [0.15, 0.2) is 17.5 Å². The number of amides is 2. The molecule has 0 aliphatic rings. The summed E-state index contributed by atoms with van der Waals surface area (Å²) in [5.74, 6) is -1.11. The summed E-state index contributed by atoms with van der Waals surface area (Å²) >= 11 is 1.54. The van der Waals surface area contributed by atoms with Crippen molar-refractivity contribution in [3.63, 3.8) is 0 Å². The first-order chi connectivity index (χ1) is 8.13. The smallest absolute Gasteiger partial charge is 0.334 e. The number of rotatable bonds is 6. The number of hydrogen-bond acceptors (Lipinski definition) is 4. The van der Waals surface area contributed by atoms with E-state index in [2.05, 4.69) is 15.4 Å². The second kappa shape index (κ2) is 6.87. The van der Waals surface area contributed by atoms with E-state index in [0.717, 1.165) is 4.88 Å². The molecule has 94 valence electrons. The van der Waals surface area contributed by atoms with Crippen LogP contribution in [0.4, 0.5) is 4.79 Å². The molecule has 1 atom stereocenters. The minimum Gasteiger partial charge on any atom is -0.479 e. The van der Waals surface area contributed by atoms with E-state index in [4.69, 9.17) is 5.11 Å². The zero-order valence-electron chi connectivity index (χ0n) is 9.30. The van der Waals surface area contributed by atoms with E-state index >= 15 is 0 Å². The fourth-order valence-electron chi connectivity index (χ4n) is 1.10. The van der Waals surface area contributed by atoms with Crippen molar-refractivity contribution in [3.8, 4) is 0 Å². The monoisotopic (exact) mass is 258 g/mol. The number of nitrogens with one attached hydrogen (secondary N) is 2. The van der Waals surface area contributed by atoms with Crippen LogP contribution in [0.5, 0.6) is 0 Å². The molecule has 0 aliphatic carbocycles. The molecule has 0 bridgehead atoms. The van der Waals surface area contributed by atoms with Crippen molar-refractivity contribution in [2.75, 3.05) is 13.7 Å². The fraction of sp³-hybridized carbons (Fsp3) is 0.400. The van der Waals surface area contributed by atoms with E-state index < -0.39 is 18.1 Å². The summed E-state index contributed by atoms with van der Waals surface area (Å²) in [5.41, 5.74) is 0. The maximum Gasteiger partial charge on any atom is 0.334 e. The minimum absolute atomic E-state index is 0.0674. The van der Waals surface area contributed by atoms with Crippen molar-refractivity contribution in [2.45, 2.75) is 12.6 Å². The standard InChI is InChI=1S/C10H14N2O4S/c1-16-8(9(13)14)6-12-10(15)11-5-7-3-2-4-17-7/h2-4,8H,5-6H2,1H3,(H,13,14)(H2,11,12,15). The molecule has 3 N–H and O–H groups in total. The summed E-state index contributed by atoms with van der Waals surface area (Å²) in [6.45, 7) is 0.357. The Morgan fingerprint density at radius 3 is 2.82 bits per heavy atom. The Hall–Kier alpha value is -1.60. The molecule has 6 nitrogen and oxygen atoms in total. The van der Waals surface area contributed by atoms with E-state index in [-0.39, 0.29) is 6.54 Å². The third-order valence-corrected chi connectivity index (χ3v) is 2.89. The van der Waals surface area contributed by atoms with Crippen molar-refractivity contribution in [1.82, 2.24) is 10.6 Å². The van der Waals surface area contributed by atoms with Gasteiger partial charge in [0.25, 0.3) is 0 Å². The molecular formula is C10H14N2O4S. The van der Waals surface area contributed by atoms with Gasteiger partial charge in [-0.2, -0.15) is 0 Å². The highest BCUT2D eigenvalue weighted by Gasteiger charge is 2.16. The molecular weight excluding hydrogens is 244 g/mol. The molecule has 17 heavy (non-hydrogen) atoms. The van der Waals surface area contributed by atoms with Gasteiger partial charge in [-0.3, -0.25) is 0 Å². The van der Waals surface area contributed by atoms with Crippen LogP contribution in [0.3, 0.4) is 0 Å². The Morgan fingerprint density at radius 1 is 1.53 bits per heavy atom. The number of hydrogen-bond donors (Lipinski definition) is 3. The molecule has 1 heterocycles. The molecule has 2 amide bonds. The van der Waals surface area contributed by atoms with Crippen molar-refractivity contribution >= 4 is 23.3 Å². The number of urea groups is 1. The lowest BCUT2D eigenvalue weighted by molar-refractivity contribution is -0.147. The maximum atomic E-state index is 11.3. The second-order valence-corrected chi connectivity index (χ2v) is 4.24. The Labute approximate surface area is 103 Å². The molecule has 0 fully saturated rings. The average Bonchev–Trinajstić information content (AvgIpc) is 2.79. The molecule has 0 aliphatic heterocycles. The number of carbonyl (C=O) groups is 2. The lowest BCUT2D eigenvalue weighted by Gasteiger charge is -2.11. The van der Waals surface area contributed by atoms with E-state index in [1.165, 1.54) is 18.4 Å². The summed E-state index contributed by atoms with van der Waals surface area (Å²) in [6, 6.07) is 3.38. The SMILES string of the molecule is COC(CNC(=O)NCc1cccs1)C(=O)O. The third kappa shape index (κ3) is 4.83. The molecule has 0 saturated heterocycles. The van der Waals surface area contributed by atoms with Crippen molar-refractivity contribution in [3.05, 3.63) is 22.4 Å². The van der Waals surface area contributed by atoms with Gasteiger partial charge in [-0.15, -0.1) is 11.3 Å². The molecule has 0 radical (unpaired) electrons. The summed E-state index contributed by atoms with van der Waals surface area (Å²) in [7, 11) is 1.28. The van der Waals surface area contributed by atoms with Gasteiger partial charge >= 0.3 is 12.0 Å². The van der Waals surface area contributed by atoms with Crippen molar-refractivity contribution in [1.29, 1.82) is 0 Å². The quantitative estimate of drug-likeness (QED) is 0.699. The number of thiophene rings is 1. The minimum atomic E-state index is -1.11. The zero-order valence-corrected chi connectivity index (χ0v) is 10.1. The Morgan fingerprint density at radius 2 is 2.29 bits per heavy atom. The van der Waals surface area contributed by atoms with Gasteiger partial charge in [0.05, 0.1) is 13.1 Å². The van der Waals surface area contributed by atoms with Crippen molar-refractivity contribution in [2.24, 2.45) is 0 Å². The summed E-state index contributed by atoms with van der Waals surface area (Å²) in [6.07, 6.45) is -1.03. The molecule has 0 saturated carbocycles. The largest absolute Gasteiger partial charge is 0.479 e. The summed E-state index contributed by atoms with van der Waals surface area (Å²) in [4.78, 5) is 22.9. The second-order valence-electron chi connectivity index (χ2n) is 3.21. The van der Waals surface area contributed by atoms with Gasteiger partial charge in [-0.05, 0) is 11.4 Å². The lowest BCUT2D eigenvalue weighted by Crippen LogP contribution is -2.42. The number of methoxy groups -OCH3 is 1. The molecule has 1 rings (SSSR count). The number of ether oxygens (including phenoxy) is 1. The number of carboxylic acid groups (broad SMARTS) is 1. The summed E-state index contributed by atoms with van der Waals surface area (Å²) < 4.78 is 4.67. The first-order valence-corrected chi connectivity index (χ1v) is 5.81. The number of carbonyl (C=O) groups excluding carboxylic acids is 1. The number of aliphatic carboxylic acids is 1. The van der Waals surface area contributed by atoms with Crippen molar-refractivity contribution < 1.29 is 19.4 Å². The predicted molar refractivity (Wildman–Crippen MR) is 63.0 cm³/mol. The average molecular weight is 258 g/mol. The molecule has 1 aromatic heterocycles. The van der Waals surface area contributed by atoms with Crippen LogP contribution in [0.2, 0.25) is 0 Å². The van der Waals surface area contributed by atoms with Crippen LogP contribution in [0, 0.1) is 0 Å². The lowest BCUT2D eigenvalue weighted by atomic mass is 10.3. The Kier molecular flexibility index (Phi) is 5.44. The van der Waals surface area contributed by atoms with E-state index in [0.29, 0.717) is 6.54 Å². The highest BCUT2D eigenvalue weighted by molar-refractivity contribution is 7.09. The normalized spacial score (nSPS) is 11.8. The van der Waals surface area contributed by atoms with Crippen LogP contribution in [-0.2, 0) is 16.1 Å².